The topological polar surface area (TPSA) is 58.2 Å². The average molecular weight is 302 g/mol. The summed E-state index contributed by atoms with van der Waals surface area (Å²) < 4.78 is 0. The van der Waals surface area contributed by atoms with Gasteiger partial charge in [-0.3, -0.25) is 9.59 Å². The average Bonchev–Trinajstić information content (AvgIpc) is 3.04. The first-order valence-electron chi connectivity index (χ1n) is 6.80. The van der Waals surface area contributed by atoms with Gasteiger partial charge in [-0.1, -0.05) is 43.3 Å². The maximum atomic E-state index is 11.7. The number of hydrogen-bond donors (Lipinski definition) is 2. The number of amides is 2. The van der Waals surface area contributed by atoms with Crippen LogP contribution in [-0.4, -0.2) is 18.4 Å². The first kappa shape index (κ1) is 15.3. The van der Waals surface area contributed by atoms with E-state index in [1.807, 2.05) is 54.8 Å². The normalized spacial score (nSPS) is 11.7. The minimum atomic E-state index is -0.594. The van der Waals surface area contributed by atoms with E-state index in [9.17, 15) is 9.59 Å². The Morgan fingerprint density at radius 2 is 1.76 bits per heavy atom. The highest BCUT2D eigenvalue weighted by Gasteiger charge is 2.14. The molecule has 1 atom stereocenters. The number of carbonyl (C=O) groups excluding carboxylic acids is 2. The summed E-state index contributed by atoms with van der Waals surface area (Å²) in [5, 5.41) is 7.20. The molecular formula is C16H18N2O2S. The van der Waals surface area contributed by atoms with Gasteiger partial charge in [0.1, 0.15) is 0 Å². The molecule has 21 heavy (non-hydrogen) atoms. The molecule has 0 spiro atoms. The molecule has 0 radical (unpaired) electrons. The Bertz CT molecular complexity index is 582. The summed E-state index contributed by atoms with van der Waals surface area (Å²) in [7, 11) is 0. The van der Waals surface area contributed by atoms with Gasteiger partial charge in [0.25, 0.3) is 0 Å². The minimum absolute atomic E-state index is 0.167. The zero-order valence-corrected chi connectivity index (χ0v) is 12.7. The van der Waals surface area contributed by atoms with Crippen LogP contribution in [0.1, 0.15) is 23.3 Å². The summed E-state index contributed by atoms with van der Waals surface area (Å²) in [6.45, 7) is 2.84. The molecule has 2 rings (SSSR count). The number of benzene rings is 1. The molecule has 1 heterocycles. The number of hydrogen-bond acceptors (Lipinski definition) is 3. The predicted molar refractivity (Wildman–Crippen MR) is 84.0 cm³/mol. The van der Waals surface area contributed by atoms with Crippen LogP contribution in [0.2, 0.25) is 0 Å². The second kappa shape index (κ2) is 7.59. The van der Waals surface area contributed by atoms with Crippen molar-refractivity contribution in [3.05, 3.63) is 58.3 Å². The van der Waals surface area contributed by atoms with E-state index in [-0.39, 0.29) is 5.92 Å². The van der Waals surface area contributed by atoms with Gasteiger partial charge in [0, 0.05) is 11.4 Å². The van der Waals surface area contributed by atoms with Crippen LogP contribution in [-0.2, 0) is 16.1 Å². The van der Waals surface area contributed by atoms with Crippen molar-refractivity contribution in [2.24, 2.45) is 0 Å². The molecule has 2 amide bonds. The minimum Gasteiger partial charge on any atom is -0.347 e. The molecule has 0 fully saturated rings. The fraction of sp³-hybridized carbons (Fsp3) is 0.250. The Morgan fingerprint density at radius 3 is 2.43 bits per heavy atom. The van der Waals surface area contributed by atoms with E-state index in [1.165, 1.54) is 0 Å². The fourth-order valence-electron chi connectivity index (χ4n) is 1.89. The van der Waals surface area contributed by atoms with Crippen molar-refractivity contribution in [3.8, 4) is 0 Å². The number of nitrogens with one attached hydrogen (secondary N) is 2. The van der Waals surface area contributed by atoms with E-state index in [4.69, 9.17) is 0 Å². The predicted octanol–water partition coefficient (Wildman–Crippen LogP) is 2.28. The standard InChI is InChI=1S/C16H18N2O2S/c1-12(13-6-3-2-4-7-13)10-17-15(19)16(20)18-11-14-8-5-9-21-14/h2-9,12H,10-11H2,1H3,(H,17,19)(H,18,20)/t12-/m1/s1. The van der Waals surface area contributed by atoms with Crippen LogP contribution in [0.4, 0.5) is 0 Å². The van der Waals surface area contributed by atoms with E-state index < -0.39 is 11.8 Å². The Labute approximate surface area is 128 Å². The van der Waals surface area contributed by atoms with Crippen LogP contribution in [0.25, 0.3) is 0 Å². The van der Waals surface area contributed by atoms with Crippen molar-refractivity contribution in [2.45, 2.75) is 19.4 Å². The quantitative estimate of drug-likeness (QED) is 0.833. The summed E-state index contributed by atoms with van der Waals surface area (Å²) in [5.74, 6) is -1.02. The molecule has 2 N–H and O–H groups in total. The van der Waals surface area contributed by atoms with Crippen molar-refractivity contribution in [1.82, 2.24) is 10.6 Å². The largest absolute Gasteiger partial charge is 0.347 e. The third-order valence-electron chi connectivity index (χ3n) is 3.15. The summed E-state index contributed by atoms with van der Waals surface area (Å²) >= 11 is 1.55. The van der Waals surface area contributed by atoms with Crippen LogP contribution in [0.5, 0.6) is 0 Å². The molecule has 0 aliphatic rings. The van der Waals surface area contributed by atoms with Gasteiger partial charge < -0.3 is 10.6 Å². The highest BCUT2D eigenvalue weighted by atomic mass is 32.1. The highest BCUT2D eigenvalue weighted by molar-refractivity contribution is 7.09. The molecular weight excluding hydrogens is 284 g/mol. The molecule has 1 aromatic carbocycles. The van der Waals surface area contributed by atoms with Gasteiger partial charge in [-0.25, -0.2) is 0 Å². The summed E-state index contributed by atoms with van der Waals surface area (Å²) in [6.07, 6.45) is 0. The Morgan fingerprint density at radius 1 is 1.05 bits per heavy atom. The summed E-state index contributed by atoms with van der Waals surface area (Å²) in [6, 6.07) is 13.7. The van der Waals surface area contributed by atoms with Gasteiger partial charge in [0.2, 0.25) is 0 Å². The van der Waals surface area contributed by atoms with Gasteiger partial charge in [-0.05, 0) is 22.9 Å². The third-order valence-corrected chi connectivity index (χ3v) is 4.02. The molecule has 0 bridgehead atoms. The lowest BCUT2D eigenvalue weighted by atomic mass is 10.0. The number of rotatable bonds is 5. The third kappa shape index (κ3) is 4.72. The van der Waals surface area contributed by atoms with Crippen molar-refractivity contribution in [2.75, 3.05) is 6.54 Å². The molecule has 2 aromatic rings. The van der Waals surface area contributed by atoms with Crippen molar-refractivity contribution >= 4 is 23.2 Å². The van der Waals surface area contributed by atoms with E-state index >= 15 is 0 Å². The Balaban J connectivity index is 1.75. The first-order chi connectivity index (χ1) is 10.2. The summed E-state index contributed by atoms with van der Waals surface area (Å²) in [5.41, 5.74) is 1.14. The molecule has 0 saturated heterocycles. The van der Waals surface area contributed by atoms with Gasteiger partial charge in [-0.2, -0.15) is 0 Å². The van der Waals surface area contributed by atoms with E-state index in [1.54, 1.807) is 11.3 Å². The van der Waals surface area contributed by atoms with E-state index in [0.717, 1.165) is 10.4 Å². The molecule has 1 aromatic heterocycles. The maximum Gasteiger partial charge on any atom is 0.309 e. The lowest BCUT2D eigenvalue weighted by molar-refractivity contribution is -0.139. The van der Waals surface area contributed by atoms with Gasteiger partial charge >= 0.3 is 11.8 Å². The lowest BCUT2D eigenvalue weighted by Crippen LogP contribution is -2.40. The Hall–Kier alpha value is -2.14. The SMILES string of the molecule is C[C@H](CNC(=O)C(=O)NCc1cccs1)c1ccccc1. The van der Waals surface area contributed by atoms with Crippen LogP contribution in [0, 0.1) is 0 Å². The van der Waals surface area contributed by atoms with Crippen molar-refractivity contribution in [1.29, 1.82) is 0 Å². The monoisotopic (exact) mass is 302 g/mol. The zero-order chi connectivity index (χ0) is 15.1. The Kier molecular flexibility index (Phi) is 5.51. The lowest BCUT2D eigenvalue weighted by Gasteiger charge is -2.12. The fourth-order valence-corrected chi connectivity index (χ4v) is 2.53. The second-order valence-electron chi connectivity index (χ2n) is 4.78. The molecule has 0 unspecified atom stereocenters. The molecule has 0 aliphatic carbocycles. The molecule has 0 aliphatic heterocycles. The zero-order valence-electron chi connectivity index (χ0n) is 11.8. The van der Waals surface area contributed by atoms with Crippen molar-refractivity contribution < 1.29 is 9.59 Å². The van der Waals surface area contributed by atoms with Crippen LogP contribution < -0.4 is 10.6 Å². The van der Waals surface area contributed by atoms with Crippen LogP contribution in [0.3, 0.4) is 0 Å². The van der Waals surface area contributed by atoms with Gasteiger partial charge in [0.05, 0.1) is 6.54 Å². The molecule has 4 nitrogen and oxygen atoms in total. The van der Waals surface area contributed by atoms with E-state index in [0.29, 0.717) is 13.1 Å². The molecule has 5 heteroatoms. The highest BCUT2D eigenvalue weighted by Crippen LogP contribution is 2.12. The first-order valence-corrected chi connectivity index (χ1v) is 7.68. The van der Waals surface area contributed by atoms with Gasteiger partial charge in [-0.15, -0.1) is 11.3 Å². The number of thiophene rings is 1. The van der Waals surface area contributed by atoms with Crippen molar-refractivity contribution in [3.63, 3.8) is 0 Å². The second-order valence-corrected chi connectivity index (χ2v) is 5.82. The van der Waals surface area contributed by atoms with Gasteiger partial charge in [0.15, 0.2) is 0 Å². The maximum absolute atomic E-state index is 11.7. The van der Waals surface area contributed by atoms with E-state index in [2.05, 4.69) is 10.6 Å². The molecule has 0 saturated carbocycles. The van der Waals surface area contributed by atoms with Crippen LogP contribution >= 0.6 is 11.3 Å². The number of carbonyl (C=O) groups is 2. The molecule has 110 valence electrons. The van der Waals surface area contributed by atoms with Crippen LogP contribution in [0.15, 0.2) is 47.8 Å². The summed E-state index contributed by atoms with van der Waals surface area (Å²) in [4.78, 5) is 24.4. The smallest absolute Gasteiger partial charge is 0.309 e.